The van der Waals surface area contributed by atoms with E-state index in [1.54, 1.807) is 37.4 Å². The molecule has 1 fully saturated rings. The number of fused-ring (bicyclic) bond motifs is 2. The summed E-state index contributed by atoms with van der Waals surface area (Å²) >= 11 is 5.93. The van der Waals surface area contributed by atoms with Crippen molar-refractivity contribution in [2.45, 2.75) is 24.8 Å². The number of hydrogen-bond donors (Lipinski definition) is 0. The molecule has 2 aliphatic heterocycles. The van der Waals surface area contributed by atoms with Gasteiger partial charge in [0.1, 0.15) is 11.5 Å². The van der Waals surface area contributed by atoms with E-state index >= 15 is 0 Å². The lowest BCUT2D eigenvalue weighted by Crippen LogP contribution is -2.46. The zero-order valence-corrected chi connectivity index (χ0v) is 20.7. The molecule has 188 valence electrons. The number of halogens is 3. The van der Waals surface area contributed by atoms with E-state index in [1.807, 2.05) is 23.1 Å². The molecule has 0 unspecified atom stereocenters. The van der Waals surface area contributed by atoms with Gasteiger partial charge in [-0.2, -0.15) is 0 Å². The Bertz CT molecular complexity index is 1260. The Morgan fingerprint density at radius 1 is 0.972 bits per heavy atom. The summed E-state index contributed by atoms with van der Waals surface area (Å²) in [5, 5.41) is 0.606. The van der Waals surface area contributed by atoms with E-state index in [2.05, 4.69) is 4.90 Å². The quantitative estimate of drug-likeness (QED) is 0.432. The predicted octanol–water partition coefficient (Wildman–Crippen LogP) is 5.59. The second-order valence-electron chi connectivity index (χ2n) is 9.41. The van der Waals surface area contributed by atoms with Crippen LogP contribution in [0.4, 0.5) is 14.5 Å². The van der Waals surface area contributed by atoms with Crippen molar-refractivity contribution in [3.63, 3.8) is 0 Å². The molecule has 0 saturated carbocycles. The average Bonchev–Trinajstić information content (AvgIpc) is 3.20. The highest BCUT2D eigenvalue weighted by atomic mass is 35.5. The van der Waals surface area contributed by atoms with Crippen LogP contribution in [0.3, 0.4) is 0 Å². The standard InChI is InChI=1S/C28H27ClF2N2O3/c1-35-22-7-9-26-23(15-22)28(18-33(26)27(34)17-36-21-5-3-20(29)4-6-21)10-12-32(13-11-28)16-19-2-8-24(30)25(31)14-19/h2-9,14-15H,10-13,16-18H2,1H3. The summed E-state index contributed by atoms with van der Waals surface area (Å²) in [6.07, 6.45) is 1.66. The van der Waals surface area contributed by atoms with Crippen LogP contribution in [0, 0.1) is 11.6 Å². The molecule has 0 atom stereocenters. The minimum absolute atomic E-state index is 0.0779. The number of piperidine rings is 1. The first-order chi connectivity index (χ1) is 17.4. The van der Waals surface area contributed by atoms with Crippen molar-refractivity contribution in [1.29, 1.82) is 0 Å². The molecule has 3 aromatic carbocycles. The van der Waals surface area contributed by atoms with E-state index in [1.165, 1.54) is 12.1 Å². The third-order valence-electron chi connectivity index (χ3n) is 7.21. The maximum absolute atomic E-state index is 13.7. The zero-order chi connectivity index (χ0) is 25.3. The fourth-order valence-electron chi connectivity index (χ4n) is 5.21. The fourth-order valence-corrected chi connectivity index (χ4v) is 5.34. The number of rotatable bonds is 6. The normalized spacial score (nSPS) is 16.7. The summed E-state index contributed by atoms with van der Waals surface area (Å²) < 4.78 is 38.2. The highest BCUT2D eigenvalue weighted by Gasteiger charge is 2.46. The van der Waals surface area contributed by atoms with Crippen LogP contribution in [-0.4, -0.2) is 44.2 Å². The number of nitrogens with zero attached hydrogens (tertiary/aromatic N) is 2. The van der Waals surface area contributed by atoms with Crippen LogP contribution >= 0.6 is 11.6 Å². The van der Waals surface area contributed by atoms with E-state index in [0.29, 0.717) is 23.9 Å². The molecule has 1 saturated heterocycles. The Kier molecular flexibility index (Phi) is 6.86. The molecule has 0 radical (unpaired) electrons. The van der Waals surface area contributed by atoms with Gasteiger partial charge in [0, 0.05) is 29.2 Å². The average molecular weight is 513 g/mol. The molecule has 2 heterocycles. The van der Waals surface area contributed by atoms with Crippen molar-refractivity contribution in [2.75, 3.05) is 38.3 Å². The number of ether oxygens (including phenoxy) is 2. The minimum Gasteiger partial charge on any atom is -0.497 e. The summed E-state index contributed by atoms with van der Waals surface area (Å²) in [7, 11) is 1.64. The van der Waals surface area contributed by atoms with Crippen molar-refractivity contribution in [2.24, 2.45) is 0 Å². The molecule has 36 heavy (non-hydrogen) atoms. The lowest BCUT2D eigenvalue weighted by molar-refractivity contribution is -0.120. The molecule has 8 heteroatoms. The van der Waals surface area contributed by atoms with Crippen LogP contribution in [0.15, 0.2) is 60.7 Å². The Morgan fingerprint density at radius 2 is 1.69 bits per heavy atom. The van der Waals surface area contributed by atoms with Crippen LogP contribution in [0.1, 0.15) is 24.0 Å². The van der Waals surface area contributed by atoms with Gasteiger partial charge in [-0.3, -0.25) is 9.69 Å². The molecular weight excluding hydrogens is 486 g/mol. The van der Waals surface area contributed by atoms with E-state index in [9.17, 15) is 13.6 Å². The van der Waals surface area contributed by atoms with Gasteiger partial charge in [-0.05, 0) is 91.7 Å². The molecule has 0 bridgehead atoms. The number of hydrogen-bond acceptors (Lipinski definition) is 4. The minimum atomic E-state index is -0.836. The molecular formula is C28H27ClF2N2O3. The summed E-state index contributed by atoms with van der Waals surface area (Å²) in [6.45, 7) is 2.59. The van der Waals surface area contributed by atoms with Crippen LogP contribution in [-0.2, 0) is 16.8 Å². The number of carbonyl (C=O) groups is 1. The highest BCUT2D eigenvalue weighted by Crippen LogP contribution is 2.48. The Hall–Kier alpha value is -3.16. The Morgan fingerprint density at radius 3 is 2.39 bits per heavy atom. The van der Waals surface area contributed by atoms with Gasteiger partial charge >= 0.3 is 0 Å². The van der Waals surface area contributed by atoms with E-state index in [-0.39, 0.29) is 17.9 Å². The van der Waals surface area contributed by atoms with Crippen LogP contribution in [0.25, 0.3) is 0 Å². The molecule has 1 amide bonds. The maximum atomic E-state index is 13.7. The Balaban J connectivity index is 1.31. The summed E-state index contributed by atoms with van der Waals surface area (Å²) in [5.41, 5.74) is 2.53. The van der Waals surface area contributed by atoms with Crippen molar-refractivity contribution in [3.8, 4) is 11.5 Å². The molecule has 2 aliphatic rings. The smallest absolute Gasteiger partial charge is 0.264 e. The highest BCUT2D eigenvalue weighted by molar-refractivity contribution is 6.30. The first-order valence-corrected chi connectivity index (χ1v) is 12.3. The Labute approximate surface area is 214 Å². The lowest BCUT2D eigenvalue weighted by atomic mass is 9.74. The number of methoxy groups -OCH3 is 1. The fraction of sp³-hybridized carbons (Fsp3) is 0.321. The SMILES string of the molecule is COc1ccc2c(c1)C1(CCN(Cc3ccc(F)c(F)c3)CC1)CN2C(=O)COc1ccc(Cl)cc1. The number of likely N-dealkylation sites (tertiary alicyclic amines) is 1. The largest absolute Gasteiger partial charge is 0.497 e. The predicted molar refractivity (Wildman–Crippen MR) is 135 cm³/mol. The van der Waals surface area contributed by atoms with E-state index < -0.39 is 11.6 Å². The third kappa shape index (κ3) is 4.90. The van der Waals surface area contributed by atoms with Crippen molar-refractivity contribution >= 4 is 23.2 Å². The summed E-state index contributed by atoms with van der Waals surface area (Å²) in [4.78, 5) is 17.3. The van der Waals surface area contributed by atoms with Gasteiger partial charge in [-0.1, -0.05) is 17.7 Å². The summed E-state index contributed by atoms with van der Waals surface area (Å²) in [6, 6.07) is 16.8. The second-order valence-corrected chi connectivity index (χ2v) is 9.85. The molecule has 5 rings (SSSR count). The number of anilines is 1. The monoisotopic (exact) mass is 512 g/mol. The van der Waals surface area contributed by atoms with Gasteiger partial charge in [-0.15, -0.1) is 0 Å². The van der Waals surface area contributed by atoms with Crippen molar-refractivity contribution in [3.05, 3.63) is 88.4 Å². The van der Waals surface area contributed by atoms with E-state index in [4.69, 9.17) is 21.1 Å². The van der Waals surface area contributed by atoms with Gasteiger partial charge in [0.2, 0.25) is 0 Å². The molecule has 3 aromatic rings. The zero-order valence-electron chi connectivity index (χ0n) is 20.0. The molecule has 0 N–H and O–H groups in total. The van der Waals surface area contributed by atoms with Crippen molar-refractivity contribution < 1.29 is 23.0 Å². The van der Waals surface area contributed by atoms with E-state index in [0.717, 1.165) is 48.5 Å². The number of amides is 1. The second kappa shape index (κ2) is 10.1. The van der Waals surface area contributed by atoms with Gasteiger partial charge in [0.05, 0.1) is 7.11 Å². The number of benzene rings is 3. The first-order valence-electron chi connectivity index (χ1n) is 11.9. The molecule has 0 aromatic heterocycles. The van der Waals surface area contributed by atoms with Crippen molar-refractivity contribution in [1.82, 2.24) is 4.90 Å². The lowest BCUT2D eigenvalue weighted by Gasteiger charge is -2.40. The molecule has 5 nitrogen and oxygen atoms in total. The summed E-state index contributed by atoms with van der Waals surface area (Å²) in [5.74, 6) is -0.436. The number of carbonyl (C=O) groups excluding carboxylic acids is 1. The maximum Gasteiger partial charge on any atom is 0.264 e. The third-order valence-corrected chi connectivity index (χ3v) is 7.46. The van der Waals surface area contributed by atoms with Gasteiger partial charge in [0.15, 0.2) is 18.2 Å². The molecule has 1 spiro atoms. The molecule has 0 aliphatic carbocycles. The van der Waals surface area contributed by atoms with Gasteiger partial charge < -0.3 is 14.4 Å². The van der Waals surface area contributed by atoms with Gasteiger partial charge in [0.25, 0.3) is 5.91 Å². The van der Waals surface area contributed by atoms with Crippen LogP contribution in [0.5, 0.6) is 11.5 Å². The van der Waals surface area contributed by atoms with Gasteiger partial charge in [-0.25, -0.2) is 8.78 Å². The first kappa shape index (κ1) is 24.5. The van der Waals surface area contributed by atoms with Crippen LogP contribution in [0.2, 0.25) is 5.02 Å². The topological polar surface area (TPSA) is 42.0 Å². The van der Waals surface area contributed by atoms with Crippen LogP contribution < -0.4 is 14.4 Å².